The summed E-state index contributed by atoms with van der Waals surface area (Å²) in [5.41, 5.74) is 6.97. The van der Waals surface area contributed by atoms with Crippen LogP contribution in [0.5, 0.6) is 0 Å². The summed E-state index contributed by atoms with van der Waals surface area (Å²) in [6, 6.07) is 8.69. The molecule has 0 saturated carbocycles. The van der Waals surface area contributed by atoms with Crippen LogP contribution in [0.15, 0.2) is 42.7 Å². The standard InChI is InChI=1S/C12H11ClN2O/c13-11-3-1-2-10(6-11)12(16)15-5-4-9(7-14)8-15/h1-6,8H,7,14H2. The molecule has 0 fully saturated rings. The monoisotopic (exact) mass is 234 g/mol. The van der Waals surface area contributed by atoms with E-state index in [1.165, 1.54) is 4.57 Å². The van der Waals surface area contributed by atoms with E-state index in [1.54, 1.807) is 36.7 Å². The summed E-state index contributed by atoms with van der Waals surface area (Å²) in [5.74, 6) is -0.109. The molecule has 0 saturated heterocycles. The molecule has 1 aromatic heterocycles. The molecule has 16 heavy (non-hydrogen) atoms. The normalized spacial score (nSPS) is 10.4. The first-order valence-electron chi connectivity index (χ1n) is 4.88. The highest BCUT2D eigenvalue weighted by Crippen LogP contribution is 2.12. The summed E-state index contributed by atoms with van der Waals surface area (Å²) < 4.78 is 1.51. The fourth-order valence-corrected chi connectivity index (χ4v) is 1.65. The lowest BCUT2D eigenvalue weighted by molar-refractivity contribution is 0.0960. The maximum atomic E-state index is 12.0. The molecule has 0 bridgehead atoms. The number of nitrogens with zero attached hydrogens (tertiary/aromatic N) is 1. The van der Waals surface area contributed by atoms with Gasteiger partial charge in [0.25, 0.3) is 5.91 Å². The highest BCUT2D eigenvalue weighted by atomic mass is 35.5. The first-order chi connectivity index (χ1) is 7.70. The number of hydrogen-bond donors (Lipinski definition) is 1. The molecule has 2 N–H and O–H groups in total. The largest absolute Gasteiger partial charge is 0.326 e. The van der Waals surface area contributed by atoms with E-state index in [-0.39, 0.29) is 5.91 Å². The zero-order chi connectivity index (χ0) is 11.5. The third kappa shape index (κ3) is 2.15. The van der Waals surface area contributed by atoms with Gasteiger partial charge in [0, 0.05) is 29.5 Å². The lowest BCUT2D eigenvalue weighted by atomic mass is 10.2. The molecule has 1 aromatic carbocycles. The minimum absolute atomic E-state index is 0.109. The molecule has 0 atom stereocenters. The third-order valence-corrected chi connectivity index (χ3v) is 2.53. The van der Waals surface area contributed by atoms with Crippen molar-refractivity contribution in [3.05, 3.63) is 58.9 Å². The van der Waals surface area contributed by atoms with Gasteiger partial charge in [-0.25, -0.2) is 0 Å². The van der Waals surface area contributed by atoms with Crippen LogP contribution in [0.1, 0.15) is 15.9 Å². The van der Waals surface area contributed by atoms with Crippen molar-refractivity contribution >= 4 is 17.5 Å². The summed E-state index contributed by atoms with van der Waals surface area (Å²) in [4.78, 5) is 12.0. The van der Waals surface area contributed by atoms with E-state index >= 15 is 0 Å². The molecule has 4 heteroatoms. The third-order valence-electron chi connectivity index (χ3n) is 2.30. The van der Waals surface area contributed by atoms with Crippen LogP contribution in [-0.2, 0) is 6.54 Å². The SMILES string of the molecule is NCc1ccn(C(=O)c2cccc(Cl)c2)c1. The van der Waals surface area contributed by atoms with Gasteiger partial charge in [-0.15, -0.1) is 0 Å². The summed E-state index contributed by atoms with van der Waals surface area (Å²) in [7, 11) is 0. The number of benzene rings is 1. The number of halogens is 1. The number of rotatable bonds is 2. The van der Waals surface area contributed by atoms with Gasteiger partial charge in [0.1, 0.15) is 0 Å². The van der Waals surface area contributed by atoms with Crippen LogP contribution < -0.4 is 5.73 Å². The van der Waals surface area contributed by atoms with Crippen LogP contribution in [0, 0.1) is 0 Å². The zero-order valence-electron chi connectivity index (χ0n) is 8.56. The van der Waals surface area contributed by atoms with Crippen LogP contribution in [0.3, 0.4) is 0 Å². The maximum absolute atomic E-state index is 12.0. The summed E-state index contributed by atoms with van der Waals surface area (Å²) in [6.07, 6.45) is 3.43. The first-order valence-corrected chi connectivity index (χ1v) is 5.25. The average molecular weight is 235 g/mol. The molecule has 0 radical (unpaired) electrons. The Balaban J connectivity index is 2.31. The summed E-state index contributed by atoms with van der Waals surface area (Å²) in [5, 5.41) is 0.553. The Morgan fingerprint density at radius 2 is 2.19 bits per heavy atom. The Morgan fingerprint density at radius 1 is 1.38 bits per heavy atom. The second-order valence-electron chi connectivity index (χ2n) is 3.45. The van der Waals surface area contributed by atoms with E-state index in [0.717, 1.165) is 5.56 Å². The molecule has 0 spiro atoms. The van der Waals surface area contributed by atoms with E-state index in [0.29, 0.717) is 17.1 Å². The maximum Gasteiger partial charge on any atom is 0.261 e. The van der Waals surface area contributed by atoms with Crippen molar-refractivity contribution in [3.63, 3.8) is 0 Å². The topological polar surface area (TPSA) is 48.0 Å². The molecule has 0 aliphatic heterocycles. The minimum atomic E-state index is -0.109. The van der Waals surface area contributed by atoms with Gasteiger partial charge in [-0.1, -0.05) is 17.7 Å². The van der Waals surface area contributed by atoms with Crippen molar-refractivity contribution in [2.75, 3.05) is 0 Å². The van der Waals surface area contributed by atoms with Gasteiger partial charge in [0.2, 0.25) is 0 Å². The summed E-state index contributed by atoms with van der Waals surface area (Å²) >= 11 is 5.83. The summed E-state index contributed by atoms with van der Waals surface area (Å²) in [6.45, 7) is 0.426. The first kappa shape index (κ1) is 10.9. The van der Waals surface area contributed by atoms with Crippen molar-refractivity contribution in [2.45, 2.75) is 6.54 Å². The molecule has 0 amide bonds. The van der Waals surface area contributed by atoms with Gasteiger partial charge < -0.3 is 5.73 Å². The molecule has 1 heterocycles. The quantitative estimate of drug-likeness (QED) is 0.867. The van der Waals surface area contributed by atoms with Crippen molar-refractivity contribution in [2.24, 2.45) is 5.73 Å². The van der Waals surface area contributed by atoms with Crippen molar-refractivity contribution in [1.29, 1.82) is 0 Å². The van der Waals surface area contributed by atoms with Crippen LogP contribution in [-0.4, -0.2) is 10.5 Å². The van der Waals surface area contributed by atoms with Gasteiger partial charge in [-0.05, 0) is 29.8 Å². The number of carbonyl (C=O) groups excluding carboxylic acids is 1. The molecular formula is C12H11ClN2O. The molecule has 2 rings (SSSR count). The van der Waals surface area contributed by atoms with Gasteiger partial charge in [-0.3, -0.25) is 9.36 Å². The number of aromatic nitrogens is 1. The van der Waals surface area contributed by atoms with E-state index in [2.05, 4.69) is 0 Å². The molecule has 0 unspecified atom stereocenters. The second kappa shape index (κ2) is 4.51. The van der Waals surface area contributed by atoms with Crippen molar-refractivity contribution in [1.82, 2.24) is 4.57 Å². The molecule has 2 aromatic rings. The Hall–Kier alpha value is -1.58. The number of nitrogens with two attached hydrogens (primary N) is 1. The van der Waals surface area contributed by atoms with Crippen LogP contribution in [0.4, 0.5) is 0 Å². The molecule has 3 nitrogen and oxygen atoms in total. The van der Waals surface area contributed by atoms with E-state index in [9.17, 15) is 4.79 Å². The lowest BCUT2D eigenvalue weighted by Gasteiger charge is -2.01. The molecular weight excluding hydrogens is 224 g/mol. The lowest BCUT2D eigenvalue weighted by Crippen LogP contribution is -2.09. The predicted octanol–water partition coefficient (Wildman–Crippen LogP) is 2.29. The molecule has 0 aliphatic rings. The van der Waals surface area contributed by atoms with Crippen molar-refractivity contribution in [3.8, 4) is 0 Å². The fraction of sp³-hybridized carbons (Fsp3) is 0.0833. The van der Waals surface area contributed by atoms with Crippen LogP contribution in [0.25, 0.3) is 0 Å². The van der Waals surface area contributed by atoms with Crippen molar-refractivity contribution < 1.29 is 4.79 Å². The highest BCUT2D eigenvalue weighted by molar-refractivity contribution is 6.31. The molecule has 0 aliphatic carbocycles. The fourth-order valence-electron chi connectivity index (χ4n) is 1.46. The number of hydrogen-bond acceptors (Lipinski definition) is 2. The van der Waals surface area contributed by atoms with E-state index in [1.807, 2.05) is 6.07 Å². The Kier molecular flexibility index (Phi) is 3.08. The second-order valence-corrected chi connectivity index (χ2v) is 3.88. The predicted molar refractivity (Wildman–Crippen MR) is 63.5 cm³/mol. The minimum Gasteiger partial charge on any atom is -0.326 e. The molecule has 82 valence electrons. The van der Waals surface area contributed by atoms with E-state index < -0.39 is 0 Å². The number of carbonyl (C=O) groups is 1. The Labute approximate surface area is 98.4 Å². The van der Waals surface area contributed by atoms with Crippen LogP contribution >= 0.6 is 11.6 Å². The van der Waals surface area contributed by atoms with Gasteiger partial charge in [0.05, 0.1) is 0 Å². The zero-order valence-corrected chi connectivity index (χ0v) is 9.32. The van der Waals surface area contributed by atoms with Crippen LogP contribution in [0.2, 0.25) is 5.02 Å². The van der Waals surface area contributed by atoms with Gasteiger partial charge >= 0.3 is 0 Å². The Bertz CT molecular complexity index is 519. The average Bonchev–Trinajstić information content (AvgIpc) is 2.76. The van der Waals surface area contributed by atoms with E-state index in [4.69, 9.17) is 17.3 Å². The Morgan fingerprint density at radius 3 is 2.81 bits per heavy atom. The highest BCUT2D eigenvalue weighted by Gasteiger charge is 2.08. The van der Waals surface area contributed by atoms with Gasteiger partial charge in [0.15, 0.2) is 0 Å². The van der Waals surface area contributed by atoms with Gasteiger partial charge in [-0.2, -0.15) is 0 Å². The smallest absolute Gasteiger partial charge is 0.261 e.